The lowest BCUT2D eigenvalue weighted by molar-refractivity contribution is -0.119. The summed E-state index contributed by atoms with van der Waals surface area (Å²) in [5.74, 6) is 0.942. The summed E-state index contributed by atoms with van der Waals surface area (Å²) in [5, 5.41) is 3.33. The Morgan fingerprint density at radius 3 is 2.90 bits per heavy atom. The number of nitrogens with zero attached hydrogens (tertiary/aromatic N) is 3. The van der Waals surface area contributed by atoms with Crippen molar-refractivity contribution in [3.05, 3.63) is 52.2 Å². The van der Waals surface area contributed by atoms with Gasteiger partial charge in [-0.25, -0.2) is 9.97 Å². The van der Waals surface area contributed by atoms with Gasteiger partial charge in [-0.05, 0) is 55.9 Å². The molecule has 0 bridgehead atoms. The van der Waals surface area contributed by atoms with E-state index in [1.165, 1.54) is 10.9 Å². The number of hydrogen-bond donors (Lipinski definition) is 1. The second kappa shape index (κ2) is 7.44. The Balaban J connectivity index is 1.47. The summed E-state index contributed by atoms with van der Waals surface area (Å²) in [6.45, 7) is 2.03. The molecule has 1 aliphatic heterocycles. The van der Waals surface area contributed by atoms with Crippen LogP contribution < -0.4 is 20.3 Å². The quantitative estimate of drug-likeness (QED) is 0.716. The van der Waals surface area contributed by atoms with Crippen molar-refractivity contribution in [3.63, 3.8) is 0 Å². The smallest absolute Gasteiger partial charge is 0.263 e. The van der Waals surface area contributed by atoms with Gasteiger partial charge in [-0.3, -0.25) is 14.2 Å². The van der Waals surface area contributed by atoms with Gasteiger partial charge in [0.1, 0.15) is 12.4 Å². The molecular weight excluding hydrogens is 384 g/mol. The van der Waals surface area contributed by atoms with E-state index in [-0.39, 0.29) is 18.3 Å². The monoisotopic (exact) mass is 406 g/mol. The van der Waals surface area contributed by atoms with E-state index >= 15 is 0 Å². The Morgan fingerprint density at radius 2 is 2.03 bits per heavy atom. The normalized spacial score (nSPS) is 15.6. The van der Waals surface area contributed by atoms with Crippen molar-refractivity contribution < 1.29 is 14.3 Å². The molecule has 0 fully saturated rings. The molecule has 8 nitrogen and oxygen atoms in total. The molecule has 1 aliphatic carbocycles. The van der Waals surface area contributed by atoms with Gasteiger partial charge in [-0.15, -0.1) is 0 Å². The topological polar surface area (TPSA) is 95.3 Å². The SMILES string of the molecule is CCC(C(=O)Nc1ccc2c(c1)OCO2)n1cnc2nc3c(cc2c1=O)CCCC3. The molecule has 1 unspecified atom stereocenters. The third kappa shape index (κ3) is 3.18. The van der Waals surface area contributed by atoms with E-state index in [1.807, 2.05) is 13.0 Å². The van der Waals surface area contributed by atoms with E-state index < -0.39 is 6.04 Å². The largest absolute Gasteiger partial charge is 0.454 e. The van der Waals surface area contributed by atoms with E-state index in [9.17, 15) is 9.59 Å². The highest BCUT2D eigenvalue weighted by atomic mass is 16.7. The number of aromatic nitrogens is 3. The first-order valence-corrected chi connectivity index (χ1v) is 10.2. The van der Waals surface area contributed by atoms with Crippen molar-refractivity contribution >= 4 is 22.6 Å². The van der Waals surface area contributed by atoms with Gasteiger partial charge in [0.05, 0.1) is 5.39 Å². The molecule has 30 heavy (non-hydrogen) atoms. The molecule has 8 heteroatoms. The first-order chi connectivity index (χ1) is 14.6. The predicted octanol–water partition coefficient (Wildman–Crippen LogP) is 2.99. The maximum Gasteiger partial charge on any atom is 0.263 e. The Morgan fingerprint density at radius 1 is 1.20 bits per heavy atom. The maximum atomic E-state index is 13.2. The minimum atomic E-state index is -0.684. The molecule has 1 amide bonds. The zero-order chi connectivity index (χ0) is 20.7. The van der Waals surface area contributed by atoms with Crippen LogP contribution in [0.25, 0.3) is 11.0 Å². The number of amides is 1. The Labute approximate surface area is 172 Å². The third-order valence-electron chi connectivity index (χ3n) is 5.72. The van der Waals surface area contributed by atoms with Crippen LogP contribution in [0.3, 0.4) is 0 Å². The lowest BCUT2D eigenvalue weighted by Crippen LogP contribution is -2.33. The number of benzene rings is 1. The highest BCUT2D eigenvalue weighted by Gasteiger charge is 2.23. The zero-order valence-electron chi connectivity index (χ0n) is 16.7. The van der Waals surface area contributed by atoms with E-state index in [2.05, 4.69) is 15.3 Å². The fraction of sp³-hybridized carbons (Fsp3) is 0.364. The summed E-state index contributed by atoms with van der Waals surface area (Å²) in [5.41, 5.74) is 2.94. The summed E-state index contributed by atoms with van der Waals surface area (Å²) >= 11 is 0. The summed E-state index contributed by atoms with van der Waals surface area (Å²) < 4.78 is 12.1. The third-order valence-corrected chi connectivity index (χ3v) is 5.72. The molecule has 0 radical (unpaired) electrons. The molecule has 2 aliphatic rings. The van der Waals surface area contributed by atoms with Crippen LogP contribution in [0.1, 0.15) is 43.5 Å². The van der Waals surface area contributed by atoms with Crippen molar-refractivity contribution in [2.75, 3.05) is 12.1 Å². The Kier molecular flexibility index (Phi) is 4.61. The number of rotatable bonds is 4. The maximum absolute atomic E-state index is 13.2. The number of pyridine rings is 1. The zero-order valence-corrected chi connectivity index (χ0v) is 16.7. The molecule has 0 saturated carbocycles. The number of carbonyl (C=O) groups excluding carboxylic acids is 1. The van der Waals surface area contributed by atoms with E-state index in [4.69, 9.17) is 9.47 Å². The van der Waals surface area contributed by atoms with Gasteiger partial charge >= 0.3 is 0 Å². The average molecular weight is 406 g/mol. The highest BCUT2D eigenvalue weighted by Crippen LogP contribution is 2.34. The molecule has 3 aromatic rings. The van der Waals surface area contributed by atoms with Crippen LogP contribution in [0.2, 0.25) is 0 Å². The number of aryl methyl sites for hydroxylation is 2. The molecule has 1 N–H and O–H groups in total. The molecule has 0 spiro atoms. The predicted molar refractivity (Wildman–Crippen MR) is 111 cm³/mol. The Bertz CT molecular complexity index is 1200. The summed E-state index contributed by atoms with van der Waals surface area (Å²) in [7, 11) is 0. The van der Waals surface area contributed by atoms with Gasteiger partial charge in [0, 0.05) is 17.4 Å². The van der Waals surface area contributed by atoms with Gasteiger partial charge in [0.25, 0.3) is 5.56 Å². The molecule has 3 heterocycles. The van der Waals surface area contributed by atoms with Crippen molar-refractivity contribution in [3.8, 4) is 11.5 Å². The van der Waals surface area contributed by atoms with Gasteiger partial charge in [-0.2, -0.15) is 0 Å². The van der Waals surface area contributed by atoms with E-state index in [1.54, 1.807) is 18.2 Å². The van der Waals surface area contributed by atoms with Crippen LogP contribution in [0, 0.1) is 0 Å². The van der Waals surface area contributed by atoms with Crippen LogP contribution in [-0.4, -0.2) is 27.2 Å². The van der Waals surface area contributed by atoms with Gasteiger partial charge in [0.15, 0.2) is 17.1 Å². The van der Waals surface area contributed by atoms with Crippen molar-refractivity contribution in [1.29, 1.82) is 0 Å². The summed E-state index contributed by atoms with van der Waals surface area (Å²) in [4.78, 5) is 35.2. The fourth-order valence-corrected chi connectivity index (χ4v) is 4.12. The molecule has 154 valence electrons. The molecule has 1 atom stereocenters. The molecule has 1 aromatic carbocycles. The highest BCUT2D eigenvalue weighted by molar-refractivity contribution is 5.94. The molecule has 0 saturated heterocycles. The molecular formula is C22H22N4O4. The second-order valence-corrected chi connectivity index (χ2v) is 7.61. The average Bonchev–Trinajstić information content (AvgIpc) is 3.23. The summed E-state index contributed by atoms with van der Waals surface area (Å²) in [6.07, 6.45) is 5.94. The van der Waals surface area contributed by atoms with Crippen molar-refractivity contribution in [1.82, 2.24) is 14.5 Å². The van der Waals surface area contributed by atoms with Crippen molar-refractivity contribution in [2.45, 2.75) is 45.1 Å². The van der Waals surface area contributed by atoms with Crippen LogP contribution in [0.5, 0.6) is 11.5 Å². The lowest BCUT2D eigenvalue weighted by atomic mass is 9.95. The van der Waals surface area contributed by atoms with Gasteiger partial charge in [-0.1, -0.05) is 6.92 Å². The molecule has 5 rings (SSSR count). The number of fused-ring (bicyclic) bond motifs is 3. The number of ether oxygens (including phenoxy) is 2. The van der Waals surface area contributed by atoms with Crippen LogP contribution >= 0.6 is 0 Å². The number of nitrogens with one attached hydrogen (secondary N) is 1. The van der Waals surface area contributed by atoms with Gasteiger partial charge in [0.2, 0.25) is 12.7 Å². The van der Waals surface area contributed by atoms with E-state index in [0.29, 0.717) is 34.6 Å². The summed E-state index contributed by atoms with van der Waals surface area (Å²) in [6, 6.07) is 6.43. The van der Waals surface area contributed by atoms with Crippen molar-refractivity contribution in [2.24, 2.45) is 0 Å². The molecule has 2 aromatic heterocycles. The minimum Gasteiger partial charge on any atom is -0.454 e. The number of carbonyl (C=O) groups is 1. The first-order valence-electron chi connectivity index (χ1n) is 10.2. The Hall–Kier alpha value is -3.42. The lowest BCUT2D eigenvalue weighted by Gasteiger charge is -2.19. The van der Waals surface area contributed by atoms with E-state index in [0.717, 1.165) is 36.9 Å². The van der Waals surface area contributed by atoms with Crippen LogP contribution in [0.15, 0.2) is 35.4 Å². The van der Waals surface area contributed by atoms with Crippen LogP contribution in [-0.2, 0) is 17.6 Å². The minimum absolute atomic E-state index is 0.167. The van der Waals surface area contributed by atoms with Gasteiger partial charge < -0.3 is 14.8 Å². The first kappa shape index (κ1) is 18.6. The van der Waals surface area contributed by atoms with Crippen LogP contribution in [0.4, 0.5) is 5.69 Å². The number of anilines is 1. The number of hydrogen-bond acceptors (Lipinski definition) is 6. The second-order valence-electron chi connectivity index (χ2n) is 7.61. The fourth-order valence-electron chi connectivity index (χ4n) is 4.12. The standard InChI is InChI=1S/C22H22N4O4/c1-2-17(21(27)24-14-7-8-18-19(10-14)30-12-29-18)26-11-23-20-15(22(26)28)9-13-5-3-4-6-16(13)25-20/h7-11,17H,2-6,12H2,1H3,(H,24,27).